The van der Waals surface area contributed by atoms with Gasteiger partial charge in [0, 0.05) is 6.42 Å². The fourth-order valence-corrected chi connectivity index (χ4v) is 1.71. The molecule has 0 aromatic carbocycles. The fraction of sp³-hybridized carbons (Fsp3) is 0.750. The Bertz CT molecular complexity index is 533. The number of nitrogens with zero attached hydrogens (tertiary/aromatic N) is 1. The van der Waals surface area contributed by atoms with E-state index in [-0.39, 0.29) is 6.42 Å². The van der Waals surface area contributed by atoms with Crippen molar-refractivity contribution in [2.75, 3.05) is 7.11 Å². The van der Waals surface area contributed by atoms with Crippen molar-refractivity contribution in [3.8, 4) is 0 Å². The van der Waals surface area contributed by atoms with Gasteiger partial charge in [-0.25, -0.2) is 24.8 Å². The molecule has 2 amide bonds. The number of carboxylic acids is 1. The van der Waals surface area contributed by atoms with Gasteiger partial charge in [0.15, 0.2) is 6.04 Å². The quantitative estimate of drug-likeness (QED) is 0.423. The third kappa shape index (κ3) is 9.70. The molecule has 10 nitrogen and oxygen atoms in total. The van der Waals surface area contributed by atoms with E-state index in [4.69, 9.17) is 14.6 Å². The molecule has 10 heteroatoms. The van der Waals surface area contributed by atoms with Crippen molar-refractivity contribution in [2.45, 2.75) is 71.6 Å². The van der Waals surface area contributed by atoms with Gasteiger partial charge in [0.1, 0.15) is 11.2 Å². The number of hydrazine groups is 1. The lowest BCUT2D eigenvalue weighted by atomic mass is 10.1. The van der Waals surface area contributed by atoms with E-state index in [2.05, 4.69) is 10.2 Å². The van der Waals surface area contributed by atoms with Crippen molar-refractivity contribution >= 4 is 24.1 Å². The number of carboxylic acid groups (broad SMARTS) is 1. The van der Waals surface area contributed by atoms with Crippen LogP contribution in [0.3, 0.4) is 0 Å². The van der Waals surface area contributed by atoms with Crippen LogP contribution in [0.25, 0.3) is 0 Å². The van der Waals surface area contributed by atoms with Gasteiger partial charge in [-0.1, -0.05) is 0 Å². The lowest BCUT2D eigenvalue weighted by Gasteiger charge is -2.32. The van der Waals surface area contributed by atoms with Gasteiger partial charge < -0.3 is 19.3 Å². The number of hydrogen-bond donors (Lipinski definition) is 2. The number of carbonyl (C=O) groups is 4. The highest BCUT2D eigenvalue weighted by atomic mass is 16.6. The summed E-state index contributed by atoms with van der Waals surface area (Å²) in [5, 5.41) is 9.45. The standard InChI is InChI=1S/C16H28N2O8/c1-15(2,3)25-13(22)17-18(14(23)26-16(4,5)6)10(12(21)24-7)8-9-11(19)20/h10H,8-9H2,1-7H3,(H,17,22)(H,19,20)/t10-/m0/s1. The molecular weight excluding hydrogens is 348 g/mol. The van der Waals surface area contributed by atoms with Crippen LogP contribution in [0.15, 0.2) is 0 Å². The molecule has 2 N–H and O–H groups in total. The Balaban J connectivity index is 5.60. The van der Waals surface area contributed by atoms with Gasteiger partial charge in [0.2, 0.25) is 0 Å². The minimum absolute atomic E-state index is 0.295. The number of amides is 2. The molecule has 0 heterocycles. The highest BCUT2D eigenvalue weighted by Crippen LogP contribution is 2.15. The first-order valence-electron chi connectivity index (χ1n) is 7.97. The third-order valence-electron chi connectivity index (χ3n) is 2.62. The Hall–Kier alpha value is -2.52. The number of nitrogens with one attached hydrogen (secondary N) is 1. The highest BCUT2D eigenvalue weighted by molar-refractivity contribution is 5.83. The van der Waals surface area contributed by atoms with Crippen LogP contribution in [0.4, 0.5) is 9.59 Å². The van der Waals surface area contributed by atoms with E-state index in [9.17, 15) is 19.2 Å². The first-order valence-corrected chi connectivity index (χ1v) is 7.97. The summed E-state index contributed by atoms with van der Waals surface area (Å²) in [5.74, 6) is -2.09. The molecule has 26 heavy (non-hydrogen) atoms. The minimum Gasteiger partial charge on any atom is -0.481 e. The zero-order chi connectivity index (χ0) is 20.7. The fourth-order valence-electron chi connectivity index (χ4n) is 1.71. The average Bonchev–Trinajstić information content (AvgIpc) is 2.41. The second-order valence-electron chi connectivity index (χ2n) is 7.44. The summed E-state index contributed by atoms with van der Waals surface area (Å²) >= 11 is 0. The number of hydrogen-bond acceptors (Lipinski definition) is 7. The summed E-state index contributed by atoms with van der Waals surface area (Å²) in [4.78, 5) is 47.4. The Labute approximate surface area is 152 Å². The molecule has 0 spiro atoms. The molecule has 0 fully saturated rings. The molecule has 0 aliphatic heterocycles. The normalized spacial score (nSPS) is 12.6. The smallest absolute Gasteiger partial charge is 0.430 e. The maximum atomic E-state index is 12.4. The van der Waals surface area contributed by atoms with E-state index >= 15 is 0 Å². The Morgan fingerprint density at radius 2 is 1.50 bits per heavy atom. The molecular formula is C16H28N2O8. The maximum Gasteiger partial charge on any atom is 0.430 e. The molecule has 0 aliphatic carbocycles. The summed E-state index contributed by atoms with van der Waals surface area (Å²) < 4.78 is 14.9. The van der Waals surface area contributed by atoms with Gasteiger partial charge in [-0.15, -0.1) is 0 Å². The van der Waals surface area contributed by atoms with Crippen molar-refractivity contribution < 1.29 is 38.5 Å². The van der Waals surface area contributed by atoms with Crippen molar-refractivity contribution in [3.05, 3.63) is 0 Å². The SMILES string of the molecule is COC(=O)[C@H](CCC(=O)O)N(NC(=O)OC(C)(C)C)C(=O)OC(C)(C)C. The van der Waals surface area contributed by atoms with Gasteiger partial charge in [-0.05, 0) is 48.0 Å². The van der Waals surface area contributed by atoms with Gasteiger partial charge in [0.05, 0.1) is 7.11 Å². The van der Waals surface area contributed by atoms with E-state index in [1.54, 1.807) is 41.5 Å². The van der Waals surface area contributed by atoms with Gasteiger partial charge >= 0.3 is 24.1 Å². The van der Waals surface area contributed by atoms with E-state index in [1.165, 1.54) is 0 Å². The summed E-state index contributed by atoms with van der Waals surface area (Å²) in [6, 6.07) is -1.40. The number of esters is 1. The summed E-state index contributed by atoms with van der Waals surface area (Å²) in [5.41, 5.74) is 0.365. The zero-order valence-corrected chi connectivity index (χ0v) is 16.2. The van der Waals surface area contributed by atoms with E-state index in [0.29, 0.717) is 5.01 Å². The molecule has 0 bridgehead atoms. The van der Waals surface area contributed by atoms with Crippen LogP contribution < -0.4 is 5.43 Å². The van der Waals surface area contributed by atoms with Crippen molar-refractivity contribution in [1.82, 2.24) is 10.4 Å². The topological polar surface area (TPSA) is 131 Å². The minimum atomic E-state index is -1.40. The maximum absolute atomic E-state index is 12.4. The lowest BCUT2D eigenvalue weighted by molar-refractivity contribution is -0.149. The second-order valence-corrected chi connectivity index (χ2v) is 7.44. The van der Waals surface area contributed by atoms with Crippen LogP contribution in [-0.2, 0) is 23.8 Å². The molecule has 0 aromatic heterocycles. The molecule has 0 aliphatic rings. The Kier molecular flexibility index (Phi) is 8.36. The first-order chi connectivity index (χ1) is 11.7. The summed E-state index contributed by atoms with van der Waals surface area (Å²) in [7, 11) is 1.08. The molecule has 0 unspecified atom stereocenters. The van der Waals surface area contributed by atoms with E-state index < -0.39 is 47.8 Å². The largest absolute Gasteiger partial charge is 0.481 e. The van der Waals surface area contributed by atoms with Crippen molar-refractivity contribution in [2.24, 2.45) is 0 Å². The number of methoxy groups -OCH3 is 1. The van der Waals surface area contributed by atoms with Gasteiger partial charge in [0.25, 0.3) is 0 Å². The number of rotatable bonds is 5. The van der Waals surface area contributed by atoms with Crippen LogP contribution in [0.5, 0.6) is 0 Å². The summed E-state index contributed by atoms with van der Waals surface area (Å²) in [6.45, 7) is 9.65. The number of aliphatic carboxylic acids is 1. The predicted molar refractivity (Wildman–Crippen MR) is 90.1 cm³/mol. The van der Waals surface area contributed by atoms with Crippen LogP contribution in [-0.4, -0.2) is 58.6 Å². The molecule has 0 saturated heterocycles. The monoisotopic (exact) mass is 376 g/mol. The molecule has 0 aromatic rings. The van der Waals surface area contributed by atoms with Gasteiger partial charge in [-0.3, -0.25) is 4.79 Å². The Morgan fingerprint density at radius 3 is 1.88 bits per heavy atom. The zero-order valence-electron chi connectivity index (χ0n) is 16.2. The van der Waals surface area contributed by atoms with Crippen LogP contribution >= 0.6 is 0 Å². The van der Waals surface area contributed by atoms with E-state index in [1.807, 2.05) is 0 Å². The second kappa shape index (κ2) is 9.25. The van der Waals surface area contributed by atoms with Crippen LogP contribution in [0.1, 0.15) is 54.4 Å². The first kappa shape index (κ1) is 23.5. The van der Waals surface area contributed by atoms with Crippen molar-refractivity contribution in [1.29, 1.82) is 0 Å². The Morgan fingerprint density at radius 1 is 1.00 bits per heavy atom. The van der Waals surface area contributed by atoms with Crippen molar-refractivity contribution in [3.63, 3.8) is 0 Å². The molecule has 0 saturated carbocycles. The average molecular weight is 376 g/mol. The molecule has 1 atom stereocenters. The van der Waals surface area contributed by atoms with E-state index in [0.717, 1.165) is 7.11 Å². The summed E-state index contributed by atoms with van der Waals surface area (Å²) in [6.07, 6.45) is -2.79. The molecule has 150 valence electrons. The lowest BCUT2D eigenvalue weighted by Crippen LogP contribution is -2.57. The highest BCUT2D eigenvalue weighted by Gasteiger charge is 2.36. The molecule has 0 radical (unpaired) electrons. The van der Waals surface area contributed by atoms with Gasteiger partial charge in [-0.2, -0.15) is 0 Å². The third-order valence-corrected chi connectivity index (χ3v) is 2.62. The van der Waals surface area contributed by atoms with Crippen LogP contribution in [0, 0.1) is 0 Å². The van der Waals surface area contributed by atoms with Crippen LogP contribution in [0.2, 0.25) is 0 Å². The number of ether oxygens (including phenoxy) is 3. The number of carbonyl (C=O) groups excluding carboxylic acids is 3. The predicted octanol–water partition coefficient (Wildman–Crippen LogP) is 2.07. The molecule has 0 rings (SSSR count).